The molecule has 0 radical (unpaired) electrons. The van der Waals surface area contributed by atoms with Gasteiger partial charge in [0.25, 0.3) is 5.91 Å². The van der Waals surface area contributed by atoms with Crippen LogP contribution in [0.1, 0.15) is 43.0 Å². The van der Waals surface area contributed by atoms with E-state index < -0.39 is 5.91 Å². The molecule has 2 saturated carbocycles. The zero-order chi connectivity index (χ0) is 14.3. The highest BCUT2D eigenvalue weighted by Gasteiger charge is 2.41. The van der Waals surface area contributed by atoms with Crippen molar-refractivity contribution in [2.24, 2.45) is 23.5 Å². The van der Waals surface area contributed by atoms with Gasteiger partial charge in [0, 0.05) is 17.4 Å². The lowest BCUT2D eigenvalue weighted by Gasteiger charge is -2.29. The molecule has 0 saturated heterocycles. The molecule has 4 atom stereocenters. The van der Waals surface area contributed by atoms with Gasteiger partial charge in [-0.25, -0.2) is 0 Å². The van der Waals surface area contributed by atoms with Crippen LogP contribution in [0.3, 0.4) is 0 Å². The van der Waals surface area contributed by atoms with Gasteiger partial charge in [-0.2, -0.15) is 0 Å². The van der Waals surface area contributed by atoms with E-state index in [1.54, 1.807) is 12.1 Å². The molecule has 20 heavy (non-hydrogen) atoms. The molecule has 2 fully saturated rings. The Labute approximate surface area is 119 Å². The maximum Gasteiger partial charge on any atom is 0.250 e. The molecule has 4 heteroatoms. The highest BCUT2D eigenvalue weighted by Crippen LogP contribution is 2.49. The predicted molar refractivity (Wildman–Crippen MR) is 81.4 cm³/mol. The maximum absolute atomic E-state index is 11.5. The van der Waals surface area contributed by atoms with Crippen LogP contribution in [0.2, 0.25) is 0 Å². The summed E-state index contributed by atoms with van der Waals surface area (Å²) in [5.74, 6) is 2.06. The molecule has 0 spiro atoms. The van der Waals surface area contributed by atoms with Crippen molar-refractivity contribution in [3.8, 4) is 0 Å². The summed E-state index contributed by atoms with van der Waals surface area (Å²) < 4.78 is 0. The van der Waals surface area contributed by atoms with E-state index in [2.05, 4.69) is 12.2 Å². The Morgan fingerprint density at radius 1 is 1.35 bits per heavy atom. The van der Waals surface area contributed by atoms with E-state index in [9.17, 15) is 4.79 Å². The van der Waals surface area contributed by atoms with Crippen molar-refractivity contribution in [3.63, 3.8) is 0 Å². The molecule has 5 N–H and O–H groups in total. The number of benzene rings is 1. The average Bonchev–Trinajstić information content (AvgIpc) is 3.00. The molecule has 4 nitrogen and oxygen atoms in total. The van der Waals surface area contributed by atoms with Crippen molar-refractivity contribution in [2.45, 2.75) is 38.6 Å². The van der Waals surface area contributed by atoms with E-state index in [-0.39, 0.29) is 0 Å². The first-order valence-electron chi connectivity index (χ1n) is 7.50. The maximum atomic E-state index is 11.5. The number of hydrogen-bond acceptors (Lipinski definition) is 3. The number of primary amides is 1. The smallest absolute Gasteiger partial charge is 0.250 e. The molecule has 108 valence electrons. The van der Waals surface area contributed by atoms with Gasteiger partial charge in [0.05, 0.1) is 5.56 Å². The van der Waals surface area contributed by atoms with E-state index in [0.717, 1.165) is 17.5 Å². The zero-order valence-corrected chi connectivity index (χ0v) is 11.9. The molecule has 2 aliphatic carbocycles. The van der Waals surface area contributed by atoms with Gasteiger partial charge in [-0.05, 0) is 62.1 Å². The molecule has 3 rings (SSSR count). The Morgan fingerprint density at radius 3 is 2.75 bits per heavy atom. The summed E-state index contributed by atoms with van der Waals surface area (Å²) in [6.45, 7) is 2.21. The summed E-state index contributed by atoms with van der Waals surface area (Å²) in [5.41, 5.74) is 13.2. The van der Waals surface area contributed by atoms with Crippen LogP contribution in [-0.4, -0.2) is 11.9 Å². The first kappa shape index (κ1) is 13.3. The van der Waals surface area contributed by atoms with Crippen LogP contribution in [0.25, 0.3) is 0 Å². The summed E-state index contributed by atoms with van der Waals surface area (Å²) in [6.07, 6.45) is 5.46. The third kappa shape index (κ3) is 2.35. The first-order chi connectivity index (χ1) is 9.54. The molecule has 1 amide bonds. The number of hydrogen-bond donors (Lipinski definition) is 3. The van der Waals surface area contributed by atoms with Gasteiger partial charge in [-0.3, -0.25) is 4.79 Å². The summed E-state index contributed by atoms with van der Waals surface area (Å²) in [7, 11) is 0. The monoisotopic (exact) mass is 273 g/mol. The van der Waals surface area contributed by atoms with Gasteiger partial charge in [0.2, 0.25) is 0 Å². The van der Waals surface area contributed by atoms with Crippen LogP contribution in [0.4, 0.5) is 11.4 Å². The Kier molecular flexibility index (Phi) is 3.32. The van der Waals surface area contributed by atoms with Crippen molar-refractivity contribution >= 4 is 17.3 Å². The summed E-state index contributed by atoms with van der Waals surface area (Å²) in [4.78, 5) is 11.5. The third-order valence-electron chi connectivity index (χ3n) is 5.13. The molecule has 0 heterocycles. The number of rotatable bonds is 4. The van der Waals surface area contributed by atoms with Crippen molar-refractivity contribution in [3.05, 3.63) is 23.8 Å². The standard InChI is InChI=1S/C16H23N3O/c1-9(14-7-10-2-3-11(14)6-10)19-15-8-12(17)4-5-13(15)16(18)20/h4-5,8-11,14,19H,2-3,6-7,17H2,1H3,(H2,18,20). The van der Waals surface area contributed by atoms with Crippen molar-refractivity contribution in [2.75, 3.05) is 11.1 Å². The van der Waals surface area contributed by atoms with Crippen LogP contribution in [0.5, 0.6) is 0 Å². The van der Waals surface area contributed by atoms with E-state index >= 15 is 0 Å². The number of amides is 1. The number of fused-ring (bicyclic) bond motifs is 2. The molecule has 2 bridgehead atoms. The lowest BCUT2D eigenvalue weighted by molar-refractivity contribution is 0.100. The summed E-state index contributed by atoms with van der Waals surface area (Å²) >= 11 is 0. The minimum atomic E-state index is -0.410. The molecule has 0 aliphatic heterocycles. The second kappa shape index (κ2) is 5.00. The third-order valence-corrected chi connectivity index (χ3v) is 5.13. The second-order valence-corrected chi connectivity index (χ2v) is 6.44. The second-order valence-electron chi connectivity index (χ2n) is 6.44. The van der Waals surface area contributed by atoms with Gasteiger partial charge in [-0.1, -0.05) is 6.42 Å². The number of nitrogen functional groups attached to an aromatic ring is 1. The van der Waals surface area contributed by atoms with Crippen LogP contribution >= 0.6 is 0 Å². The van der Waals surface area contributed by atoms with Gasteiger partial charge in [0.1, 0.15) is 0 Å². The average molecular weight is 273 g/mol. The quantitative estimate of drug-likeness (QED) is 0.738. The number of nitrogens with one attached hydrogen (secondary N) is 1. The molecule has 2 aliphatic rings. The Hall–Kier alpha value is -1.71. The Balaban J connectivity index is 1.77. The fourth-order valence-electron chi connectivity index (χ4n) is 4.15. The largest absolute Gasteiger partial charge is 0.399 e. The Morgan fingerprint density at radius 2 is 2.15 bits per heavy atom. The summed E-state index contributed by atoms with van der Waals surface area (Å²) in [6, 6.07) is 5.58. The number of carbonyl (C=O) groups is 1. The SMILES string of the molecule is CC(Nc1cc(N)ccc1C(N)=O)C1CC2CCC1C2. The van der Waals surface area contributed by atoms with Crippen LogP contribution in [0.15, 0.2) is 18.2 Å². The molecule has 4 unspecified atom stereocenters. The van der Waals surface area contributed by atoms with E-state index in [1.165, 1.54) is 25.7 Å². The Bertz CT molecular complexity index is 528. The normalized spacial score (nSPS) is 29.4. The number of nitrogens with two attached hydrogens (primary N) is 2. The molecule has 1 aromatic carbocycles. The van der Waals surface area contributed by atoms with Gasteiger partial charge in [-0.15, -0.1) is 0 Å². The highest BCUT2D eigenvalue weighted by molar-refractivity contribution is 5.99. The summed E-state index contributed by atoms with van der Waals surface area (Å²) in [5, 5.41) is 3.48. The fraction of sp³-hybridized carbons (Fsp3) is 0.562. The predicted octanol–water partition coefficient (Wildman–Crippen LogP) is 2.60. The zero-order valence-electron chi connectivity index (χ0n) is 11.9. The minimum Gasteiger partial charge on any atom is -0.399 e. The van der Waals surface area contributed by atoms with E-state index in [0.29, 0.717) is 23.2 Å². The van der Waals surface area contributed by atoms with Crippen LogP contribution < -0.4 is 16.8 Å². The van der Waals surface area contributed by atoms with E-state index in [4.69, 9.17) is 11.5 Å². The van der Waals surface area contributed by atoms with Crippen molar-refractivity contribution in [1.82, 2.24) is 0 Å². The van der Waals surface area contributed by atoms with Crippen molar-refractivity contribution in [1.29, 1.82) is 0 Å². The molecular weight excluding hydrogens is 250 g/mol. The fourth-order valence-corrected chi connectivity index (χ4v) is 4.15. The van der Waals surface area contributed by atoms with Gasteiger partial charge in [0.15, 0.2) is 0 Å². The lowest BCUT2D eigenvalue weighted by atomic mass is 9.84. The molecular formula is C16H23N3O. The van der Waals surface area contributed by atoms with E-state index in [1.807, 2.05) is 6.07 Å². The lowest BCUT2D eigenvalue weighted by Crippen LogP contribution is -2.31. The van der Waals surface area contributed by atoms with Crippen molar-refractivity contribution < 1.29 is 4.79 Å². The molecule has 1 aromatic rings. The van der Waals surface area contributed by atoms with Crippen LogP contribution in [-0.2, 0) is 0 Å². The number of carbonyl (C=O) groups excluding carboxylic acids is 1. The topological polar surface area (TPSA) is 81.1 Å². The minimum absolute atomic E-state index is 0.352. The van der Waals surface area contributed by atoms with Gasteiger partial charge >= 0.3 is 0 Å². The molecule has 0 aromatic heterocycles. The first-order valence-corrected chi connectivity index (χ1v) is 7.50. The number of anilines is 2. The highest BCUT2D eigenvalue weighted by atomic mass is 16.1. The van der Waals surface area contributed by atoms with Crippen LogP contribution in [0, 0.1) is 17.8 Å². The van der Waals surface area contributed by atoms with Gasteiger partial charge < -0.3 is 16.8 Å².